The minimum atomic E-state index is -1.54. The molecule has 9 heteroatoms. The number of carbonyl (C=O) groups is 2. The first-order valence-corrected chi connectivity index (χ1v) is 12.3. The summed E-state index contributed by atoms with van der Waals surface area (Å²) in [6.45, 7) is 2.13. The molecule has 188 valence electrons. The van der Waals surface area contributed by atoms with Crippen molar-refractivity contribution in [3.63, 3.8) is 0 Å². The molecule has 1 aromatic heterocycles. The molecule has 0 aliphatic heterocycles. The van der Waals surface area contributed by atoms with E-state index in [0.29, 0.717) is 11.5 Å². The van der Waals surface area contributed by atoms with Gasteiger partial charge in [-0.15, -0.1) is 0 Å². The zero-order valence-corrected chi connectivity index (χ0v) is 21.6. The Morgan fingerprint density at radius 3 is 2.44 bits per heavy atom. The molecule has 2 N–H and O–H groups in total. The molecule has 0 fully saturated rings. The van der Waals surface area contributed by atoms with Gasteiger partial charge in [0.05, 0.1) is 22.7 Å². The lowest BCUT2D eigenvalue weighted by Gasteiger charge is -2.32. The van der Waals surface area contributed by atoms with Gasteiger partial charge in [-0.05, 0) is 36.6 Å². The quantitative estimate of drug-likeness (QED) is 0.300. The number of benzene rings is 2. The van der Waals surface area contributed by atoms with Crippen molar-refractivity contribution in [3.05, 3.63) is 99.9 Å². The van der Waals surface area contributed by atoms with Crippen LogP contribution >= 0.6 is 23.2 Å². The van der Waals surface area contributed by atoms with Crippen molar-refractivity contribution in [3.8, 4) is 0 Å². The predicted octanol–water partition coefficient (Wildman–Crippen LogP) is 5.94. The first-order valence-electron chi connectivity index (χ1n) is 11.5. The second kappa shape index (κ2) is 13.0. The van der Waals surface area contributed by atoms with Crippen LogP contribution < -0.4 is 10.6 Å². The zero-order chi connectivity index (χ0) is 26.0. The van der Waals surface area contributed by atoms with Crippen molar-refractivity contribution >= 4 is 41.0 Å². The molecular formula is C27H28Cl2N4O3. The van der Waals surface area contributed by atoms with Gasteiger partial charge in [0.25, 0.3) is 5.91 Å². The van der Waals surface area contributed by atoms with Gasteiger partial charge in [0.2, 0.25) is 5.95 Å². The second-order valence-electron chi connectivity index (χ2n) is 8.04. The number of methoxy groups -OCH3 is 1. The zero-order valence-electron chi connectivity index (χ0n) is 20.1. The smallest absolute Gasteiger partial charge is 0.336 e. The Hall–Kier alpha value is -3.42. The van der Waals surface area contributed by atoms with Crippen LogP contribution in [-0.4, -0.2) is 29.0 Å². The molecule has 2 aromatic carbocycles. The number of hydrogen-bond acceptors (Lipinski definition) is 6. The van der Waals surface area contributed by atoms with E-state index in [-0.39, 0.29) is 22.0 Å². The Labute approximate surface area is 220 Å². The molecule has 0 bridgehead atoms. The van der Waals surface area contributed by atoms with Crippen molar-refractivity contribution < 1.29 is 14.3 Å². The molecule has 0 saturated carbocycles. The summed E-state index contributed by atoms with van der Waals surface area (Å²) in [4.78, 5) is 35.3. The number of nitrogens with zero attached hydrogens (tertiary/aromatic N) is 2. The highest BCUT2D eigenvalue weighted by atomic mass is 35.5. The van der Waals surface area contributed by atoms with Gasteiger partial charge in [-0.3, -0.25) is 4.79 Å². The largest absolute Gasteiger partial charge is 0.467 e. The highest BCUT2D eigenvalue weighted by Crippen LogP contribution is 2.31. The lowest BCUT2D eigenvalue weighted by molar-refractivity contribution is -0.148. The van der Waals surface area contributed by atoms with Crippen LogP contribution in [0.3, 0.4) is 0 Å². The number of hydrogen-bond donors (Lipinski definition) is 2. The van der Waals surface area contributed by atoms with Gasteiger partial charge in [0.1, 0.15) is 0 Å². The molecule has 0 aliphatic carbocycles. The van der Waals surface area contributed by atoms with Crippen molar-refractivity contribution in [1.82, 2.24) is 15.3 Å². The topological polar surface area (TPSA) is 93.2 Å². The van der Waals surface area contributed by atoms with Crippen LogP contribution in [0.1, 0.15) is 47.8 Å². The maximum atomic E-state index is 13.3. The van der Waals surface area contributed by atoms with E-state index in [1.165, 1.54) is 7.11 Å². The summed E-state index contributed by atoms with van der Waals surface area (Å²) in [5.41, 5.74) is 0.0116. The number of aryl methyl sites for hydroxylation is 1. The van der Waals surface area contributed by atoms with E-state index in [4.69, 9.17) is 27.9 Å². The van der Waals surface area contributed by atoms with E-state index in [1.807, 2.05) is 12.1 Å². The number of ether oxygens (including phenoxy) is 1. The number of nitrogens with one attached hydrogen (secondary N) is 2. The van der Waals surface area contributed by atoms with Crippen LogP contribution in [-0.2, 0) is 21.5 Å². The molecule has 1 heterocycles. The van der Waals surface area contributed by atoms with Crippen molar-refractivity contribution in [2.24, 2.45) is 0 Å². The number of anilines is 1. The fourth-order valence-electron chi connectivity index (χ4n) is 3.69. The Morgan fingerprint density at radius 1 is 1.06 bits per heavy atom. The number of halogens is 2. The highest BCUT2D eigenvalue weighted by Gasteiger charge is 2.42. The molecule has 1 unspecified atom stereocenters. The summed E-state index contributed by atoms with van der Waals surface area (Å²) in [5, 5.41) is 6.21. The Morgan fingerprint density at radius 2 is 1.78 bits per heavy atom. The lowest BCUT2D eigenvalue weighted by Crippen LogP contribution is -2.52. The predicted molar refractivity (Wildman–Crippen MR) is 142 cm³/mol. The van der Waals surface area contributed by atoms with Gasteiger partial charge in [-0.25, -0.2) is 14.8 Å². The van der Waals surface area contributed by atoms with E-state index in [9.17, 15) is 9.59 Å². The van der Waals surface area contributed by atoms with Gasteiger partial charge in [-0.2, -0.15) is 0 Å². The van der Waals surface area contributed by atoms with E-state index in [0.717, 1.165) is 25.0 Å². The molecule has 0 spiro atoms. The van der Waals surface area contributed by atoms with Crippen LogP contribution in [0, 0.1) is 0 Å². The summed E-state index contributed by atoms with van der Waals surface area (Å²) < 4.78 is 5.14. The Balaban J connectivity index is 1.90. The van der Waals surface area contributed by atoms with Crippen LogP contribution in [0.2, 0.25) is 10.0 Å². The van der Waals surface area contributed by atoms with Crippen LogP contribution in [0.4, 0.5) is 5.95 Å². The average Bonchev–Trinajstić information content (AvgIpc) is 2.89. The molecular weight excluding hydrogens is 499 g/mol. The molecule has 0 saturated heterocycles. The highest BCUT2D eigenvalue weighted by molar-refractivity contribution is 6.39. The Kier molecular flexibility index (Phi) is 9.85. The fourth-order valence-corrected chi connectivity index (χ4v) is 4.26. The summed E-state index contributed by atoms with van der Waals surface area (Å²) in [7, 11) is 1.27. The fraction of sp³-hybridized carbons (Fsp3) is 0.259. The first kappa shape index (κ1) is 27.2. The van der Waals surface area contributed by atoms with E-state index in [2.05, 4.69) is 27.5 Å². The summed E-state index contributed by atoms with van der Waals surface area (Å²) in [6, 6.07) is 15.5. The molecule has 0 aliphatic rings. The van der Waals surface area contributed by atoms with Crippen LogP contribution in [0.5, 0.6) is 0 Å². The maximum Gasteiger partial charge on any atom is 0.336 e. The standard InChI is InChI=1S/C27H28Cl2N4O3/c1-3-4-12-20-15-18-31-26(32-20)30-17-9-16-27(25(35)36-2,19-10-6-5-7-11-19)33-24(34)23-21(28)13-8-14-22(23)29/h5-11,13-15,17-18H,3-4,12,16H2,1-2H3,(H,33,34)(H,30,31,32). The van der Waals surface area contributed by atoms with Crippen LogP contribution in [0.25, 0.3) is 0 Å². The lowest BCUT2D eigenvalue weighted by atomic mass is 9.86. The third-order valence-electron chi connectivity index (χ3n) is 5.57. The number of carbonyl (C=O) groups excluding carboxylic acids is 2. The number of unbranched alkanes of at least 4 members (excludes halogenated alkanes) is 1. The minimum Gasteiger partial charge on any atom is -0.467 e. The summed E-state index contributed by atoms with van der Waals surface area (Å²) >= 11 is 12.5. The maximum absolute atomic E-state index is 13.3. The van der Waals surface area contributed by atoms with E-state index < -0.39 is 17.4 Å². The molecule has 36 heavy (non-hydrogen) atoms. The van der Waals surface area contributed by atoms with Crippen molar-refractivity contribution in [2.75, 3.05) is 12.4 Å². The molecule has 3 rings (SSSR count). The van der Waals surface area contributed by atoms with Crippen molar-refractivity contribution in [2.45, 2.75) is 38.1 Å². The van der Waals surface area contributed by atoms with Gasteiger partial charge >= 0.3 is 5.97 Å². The SMILES string of the molecule is CCCCc1ccnc(NC=CCC(NC(=O)c2c(Cl)cccc2Cl)(C(=O)OC)c2ccccc2)n1. The summed E-state index contributed by atoms with van der Waals surface area (Å²) in [6.07, 6.45) is 8.10. The molecule has 0 radical (unpaired) electrons. The Bertz CT molecular complexity index is 1200. The number of esters is 1. The van der Waals surface area contributed by atoms with Crippen LogP contribution in [0.15, 0.2) is 73.1 Å². The minimum absolute atomic E-state index is 0.0695. The van der Waals surface area contributed by atoms with Gasteiger partial charge in [-0.1, -0.05) is 79.0 Å². The van der Waals surface area contributed by atoms with E-state index in [1.54, 1.807) is 60.9 Å². The normalized spacial score (nSPS) is 12.7. The summed E-state index contributed by atoms with van der Waals surface area (Å²) in [5.74, 6) is -0.809. The first-order chi connectivity index (χ1) is 17.4. The number of amides is 1. The molecule has 1 atom stereocenters. The second-order valence-corrected chi connectivity index (χ2v) is 8.85. The number of aromatic nitrogens is 2. The molecule has 7 nitrogen and oxygen atoms in total. The number of rotatable bonds is 11. The van der Waals surface area contributed by atoms with Gasteiger partial charge in [0, 0.05) is 24.5 Å². The third kappa shape index (κ3) is 6.62. The van der Waals surface area contributed by atoms with Gasteiger partial charge in [0.15, 0.2) is 5.54 Å². The average molecular weight is 527 g/mol. The third-order valence-corrected chi connectivity index (χ3v) is 6.20. The van der Waals surface area contributed by atoms with Crippen molar-refractivity contribution in [1.29, 1.82) is 0 Å². The van der Waals surface area contributed by atoms with E-state index >= 15 is 0 Å². The van der Waals surface area contributed by atoms with Gasteiger partial charge < -0.3 is 15.4 Å². The monoisotopic (exact) mass is 526 g/mol. The molecule has 1 amide bonds. The molecule has 3 aromatic rings.